The Morgan fingerprint density at radius 3 is 2.51 bits per heavy atom. The van der Waals surface area contributed by atoms with Crippen LogP contribution in [0.4, 0.5) is 32.0 Å². The van der Waals surface area contributed by atoms with Crippen molar-refractivity contribution in [2.24, 2.45) is 5.92 Å². The summed E-state index contributed by atoms with van der Waals surface area (Å²) in [5.74, 6) is -6.14. The van der Waals surface area contributed by atoms with Crippen molar-refractivity contribution >= 4 is 62.0 Å². The van der Waals surface area contributed by atoms with Gasteiger partial charge in [-0.05, 0) is 44.1 Å². The number of amides is 1. The van der Waals surface area contributed by atoms with Gasteiger partial charge in [-0.15, -0.1) is 0 Å². The van der Waals surface area contributed by atoms with Crippen molar-refractivity contribution in [2.45, 2.75) is 56.9 Å². The van der Waals surface area contributed by atoms with Crippen LogP contribution in [0, 0.1) is 5.92 Å². The fourth-order valence-corrected chi connectivity index (χ4v) is 17.4. The Balaban J connectivity index is 2.13. The van der Waals surface area contributed by atoms with Crippen molar-refractivity contribution in [3.63, 3.8) is 0 Å². The van der Waals surface area contributed by atoms with E-state index >= 15 is 0 Å². The molecule has 0 aromatic heterocycles. The topological polar surface area (TPSA) is 57.2 Å². The number of nitrogens with zero attached hydrogens (tertiary/aromatic N) is 1. The summed E-state index contributed by atoms with van der Waals surface area (Å²) >= 11 is 0. The number of rotatable bonds is 6. The van der Waals surface area contributed by atoms with Crippen LogP contribution in [0.3, 0.4) is 0 Å². The van der Waals surface area contributed by atoms with E-state index in [1.165, 1.54) is 12.1 Å². The van der Waals surface area contributed by atoms with Gasteiger partial charge in [-0.25, -0.2) is 0 Å². The van der Waals surface area contributed by atoms with Gasteiger partial charge in [-0.2, -0.15) is 26.3 Å². The first-order valence-electron chi connectivity index (χ1n) is 11.5. The smallest absolute Gasteiger partial charge is 0.411 e. The summed E-state index contributed by atoms with van der Waals surface area (Å²) in [4.78, 5) is 12.7. The van der Waals surface area contributed by atoms with E-state index in [2.05, 4.69) is 13.1 Å². The Kier molecular flexibility index (Phi) is 12.3. The van der Waals surface area contributed by atoms with Crippen molar-refractivity contribution < 1.29 is 48.2 Å². The predicted octanol–water partition coefficient (Wildman–Crippen LogP) is 3.66. The Morgan fingerprint density at radius 2 is 1.86 bits per heavy atom. The van der Waals surface area contributed by atoms with Crippen molar-refractivity contribution in [1.29, 1.82) is 0 Å². The molecule has 0 spiro atoms. The zero-order chi connectivity index (χ0) is 27.9. The van der Waals surface area contributed by atoms with Gasteiger partial charge >= 0.3 is 32.4 Å². The Morgan fingerprint density at radius 1 is 1.22 bits per heavy atom. The third-order valence-electron chi connectivity index (χ3n) is 6.12. The molecule has 1 unspecified atom stereocenters. The number of alkyl halides is 6. The van der Waals surface area contributed by atoms with Crippen LogP contribution in [0.5, 0.6) is 0 Å². The minimum absolute atomic E-state index is 0.0114. The van der Waals surface area contributed by atoms with Crippen LogP contribution in [0.2, 0.25) is 31.7 Å². The van der Waals surface area contributed by atoms with Gasteiger partial charge in [0, 0.05) is 25.9 Å². The molecule has 17 heteroatoms. The van der Waals surface area contributed by atoms with Crippen molar-refractivity contribution in [1.82, 2.24) is 0 Å². The molecule has 2 rings (SSSR count). The van der Waals surface area contributed by atoms with E-state index < -0.39 is 59.4 Å². The van der Waals surface area contributed by atoms with Crippen LogP contribution >= 0.6 is 0 Å². The molecule has 1 amide bonds. The maximum atomic E-state index is 13.0. The third kappa shape index (κ3) is 9.71. The molecule has 6 nitrogen and oxygen atoms in total. The molecular formula is C20H30F6NO5Si5. The largest absolute Gasteiger partial charge is 0.435 e. The van der Waals surface area contributed by atoms with E-state index in [0.717, 1.165) is 37.2 Å². The molecule has 5 radical (unpaired) electrons. The van der Waals surface area contributed by atoms with Gasteiger partial charge in [-0.1, -0.05) is 29.9 Å². The van der Waals surface area contributed by atoms with E-state index in [1.807, 2.05) is 6.55 Å². The number of carbonyl (C=O) groups is 1. The van der Waals surface area contributed by atoms with Gasteiger partial charge in [0.1, 0.15) is 0 Å². The van der Waals surface area contributed by atoms with Crippen LogP contribution in [-0.2, 0) is 21.9 Å². The number of hydrogen-bond acceptors (Lipinski definition) is 5. The molecule has 1 saturated heterocycles. The Labute approximate surface area is 222 Å². The van der Waals surface area contributed by atoms with Gasteiger partial charge in [0.2, 0.25) is 28.2 Å². The maximum Gasteiger partial charge on any atom is 0.411 e. The second-order valence-electron chi connectivity index (χ2n) is 8.86. The molecule has 0 bridgehead atoms. The fourth-order valence-electron chi connectivity index (χ4n) is 3.57. The summed E-state index contributed by atoms with van der Waals surface area (Å²) in [6.45, 7) is 7.48. The zero-order valence-electron chi connectivity index (χ0n) is 21.0. The fraction of sp³-hybridized carbons (Fsp3) is 0.650. The van der Waals surface area contributed by atoms with E-state index in [-0.39, 0.29) is 15.7 Å². The summed E-state index contributed by atoms with van der Waals surface area (Å²) in [7, 11) is -4.49. The molecule has 0 aliphatic carbocycles. The summed E-state index contributed by atoms with van der Waals surface area (Å²) in [5, 5.41) is 0.806. The highest BCUT2D eigenvalue weighted by molar-refractivity contribution is 7.27. The van der Waals surface area contributed by atoms with Gasteiger partial charge in [0.05, 0.1) is 8.80 Å². The van der Waals surface area contributed by atoms with Gasteiger partial charge in [-0.3, -0.25) is 4.79 Å². The predicted molar refractivity (Wildman–Crippen MR) is 136 cm³/mol. The molecule has 1 atom stereocenters. The highest BCUT2D eigenvalue weighted by atomic mass is 29.3. The molecule has 1 fully saturated rings. The number of hydrogen-bond donors (Lipinski definition) is 0. The monoisotopic (exact) mass is 618 g/mol. The number of anilines is 1. The lowest BCUT2D eigenvalue weighted by Crippen LogP contribution is -2.53. The summed E-state index contributed by atoms with van der Waals surface area (Å²) in [6.07, 6.45) is -9.74. The average Bonchev–Trinajstić information content (AvgIpc) is 2.80. The van der Waals surface area contributed by atoms with E-state index in [9.17, 15) is 31.1 Å². The van der Waals surface area contributed by atoms with Crippen LogP contribution < -0.4 is 10.1 Å². The summed E-state index contributed by atoms with van der Waals surface area (Å²) < 4.78 is 102. The first kappa shape index (κ1) is 32.4. The Hall–Kier alpha value is -0.806. The normalized spacial score (nSPS) is 21.5. The third-order valence-corrected chi connectivity index (χ3v) is 21.7. The average molecular weight is 619 g/mol. The second-order valence-corrected chi connectivity index (χ2v) is 23.6. The maximum absolute atomic E-state index is 13.0. The van der Waals surface area contributed by atoms with E-state index in [0.29, 0.717) is 18.1 Å². The van der Waals surface area contributed by atoms with Crippen molar-refractivity contribution in [2.75, 3.05) is 25.2 Å². The first-order valence-corrected chi connectivity index (χ1v) is 21.0. The van der Waals surface area contributed by atoms with E-state index in [4.69, 9.17) is 17.1 Å². The van der Waals surface area contributed by atoms with Crippen molar-refractivity contribution in [3.05, 3.63) is 24.3 Å². The number of halogens is 6. The molecular weight excluding hydrogens is 589 g/mol. The highest BCUT2D eigenvalue weighted by Crippen LogP contribution is 2.40. The van der Waals surface area contributed by atoms with Crippen molar-refractivity contribution in [3.8, 4) is 0 Å². The number of benzene rings is 1. The minimum Gasteiger partial charge on any atom is -0.435 e. The summed E-state index contributed by atoms with van der Waals surface area (Å²) in [5.41, 5.74) is -0.0114. The van der Waals surface area contributed by atoms with Crippen LogP contribution in [-0.4, -0.2) is 83.7 Å². The number of carbonyl (C=O) groups excluding carboxylic acids is 1. The van der Waals surface area contributed by atoms with Gasteiger partial charge < -0.3 is 22.0 Å². The lowest BCUT2D eigenvalue weighted by atomic mass is 10.1. The Bertz CT molecular complexity index is 869. The molecule has 0 saturated carbocycles. The molecule has 1 aromatic rings. The lowest BCUT2D eigenvalue weighted by molar-refractivity contribution is -0.273. The van der Waals surface area contributed by atoms with Crippen LogP contribution in [0.15, 0.2) is 24.3 Å². The minimum atomic E-state index is -5.74. The van der Waals surface area contributed by atoms with E-state index in [1.54, 1.807) is 12.1 Å². The van der Waals surface area contributed by atoms with Gasteiger partial charge in [0.25, 0.3) is 0 Å². The standard InChI is InChI=1S/C20H30F6NO5Si5/c1-27(18(28)17(19(21,22)23)20(24,25)26)15-8-7-9-16(14-15)35(2)12-13-37(4)30-11-6-5-10-29-33-31-34-32-36(37)3/h7-9,14,17,33H,5-6,10-13H2,1-4H3. The molecule has 0 N–H and O–H groups in total. The zero-order valence-corrected chi connectivity index (χ0v) is 26.1. The second kappa shape index (κ2) is 14.0. The molecule has 1 aromatic carbocycles. The first-order chi connectivity index (χ1) is 17.2. The molecule has 1 heterocycles. The lowest BCUT2D eigenvalue weighted by Gasteiger charge is -2.32. The highest BCUT2D eigenvalue weighted by Gasteiger charge is 2.62. The summed E-state index contributed by atoms with van der Waals surface area (Å²) in [6, 6.07) is 7.77. The van der Waals surface area contributed by atoms with Gasteiger partial charge in [0.15, 0.2) is 0 Å². The molecule has 37 heavy (non-hydrogen) atoms. The molecule has 207 valence electrons. The van der Waals surface area contributed by atoms with Crippen LogP contribution in [0.25, 0.3) is 0 Å². The molecule has 1 aliphatic heterocycles. The molecule has 1 aliphatic rings. The SMILES string of the molecule is CN(C(=O)C(C(F)(F)F)C(F)(F)F)c1cccc([Si](C)CC[Si]2(C)OCCCCO[SiH]O[Si]O[Si]2C)c1. The van der Waals surface area contributed by atoms with Crippen LogP contribution in [0.1, 0.15) is 12.8 Å². The quantitative estimate of drug-likeness (QED) is 0.360.